The second-order valence-corrected chi connectivity index (χ2v) is 8.50. The molecule has 0 N–H and O–H groups in total. The summed E-state index contributed by atoms with van der Waals surface area (Å²) in [7, 11) is -1.26. The van der Waals surface area contributed by atoms with Crippen molar-refractivity contribution in [2.45, 2.75) is 25.8 Å². The molecular weight excluding hydrogens is 328 g/mol. The quantitative estimate of drug-likeness (QED) is 0.850. The van der Waals surface area contributed by atoms with Gasteiger partial charge in [-0.25, -0.2) is 13.4 Å². The van der Waals surface area contributed by atoms with E-state index in [0.29, 0.717) is 18.6 Å². The van der Waals surface area contributed by atoms with Crippen molar-refractivity contribution in [2.24, 2.45) is 0 Å². The lowest BCUT2D eigenvalue weighted by molar-refractivity contribution is 0.0717. The molecule has 2 heterocycles. The summed E-state index contributed by atoms with van der Waals surface area (Å²) >= 11 is 0. The van der Waals surface area contributed by atoms with E-state index in [-0.39, 0.29) is 29.1 Å². The van der Waals surface area contributed by atoms with Gasteiger partial charge in [-0.3, -0.25) is 4.79 Å². The number of rotatable bonds is 3. The molecule has 0 spiro atoms. The van der Waals surface area contributed by atoms with E-state index in [0.717, 1.165) is 11.1 Å². The Morgan fingerprint density at radius 1 is 1.21 bits per heavy atom. The van der Waals surface area contributed by atoms with Gasteiger partial charge >= 0.3 is 0 Å². The topological polar surface area (TPSA) is 80.5 Å². The zero-order valence-corrected chi connectivity index (χ0v) is 14.5. The highest BCUT2D eigenvalue weighted by atomic mass is 32.2. The molecule has 6 nitrogen and oxygen atoms in total. The number of aromatic nitrogens is 1. The van der Waals surface area contributed by atoms with E-state index in [4.69, 9.17) is 4.42 Å². The Balaban J connectivity index is 1.81. The monoisotopic (exact) mass is 348 g/mol. The molecule has 3 rings (SSSR count). The minimum absolute atomic E-state index is 0.0939. The summed E-state index contributed by atoms with van der Waals surface area (Å²) in [4.78, 5) is 18.5. The molecule has 1 aliphatic heterocycles. The third-order valence-corrected chi connectivity index (χ3v) is 6.19. The third-order valence-electron chi connectivity index (χ3n) is 4.48. The number of hydrogen-bond donors (Lipinski definition) is 0. The second-order valence-electron chi connectivity index (χ2n) is 6.20. The van der Waals surface area contributed by atoms with Crippen LogP contribution in [0.15, 0.2) is 35.1 Å². The number of benzene rings is 1. The van der Waals surface area contributed by atoms with Crippen LogP contribution >= 0.6 is 0 Å². The molecule has 128 valence electrons. The summed E-state index contributed by atoms with van der Waals surface area (Å²) in [6, 6.07) is 7.58. The molecule has 0 aliphatic carbocycles. The molecule has 1 fully saturated rings. The number of aryl methyl sites for hydroxylation is 1. The lowest BCUT2D eigenvalue weighted by atomic mass is 10.1. The SMILES string of the molecule is Cc1ccc(-c2ocnc2C(=O)N(C)C2CCS(=O)(=O)CC2)cc1. The molecule has 24 heavy (non-hydrogen) atoms. The van der Waals surface area contributed by atoms with Gasteiger partial charge in [0.15, 0.2) is 17.8 Å². The maximum Gasteiger partial charge on any atom is 0.276 e. The maximum atomic E-state index is 12.8. The van der Waals surface area contributed by atoms with Gasteiger partial charge in [0.25, 0.3) is 5.91 Å². The van der Waals surface area contributed by atoms with Crippen molar-refractivity contribution in [3.8, 4) is 11.3 Å². The minimum Gasteiger partial charge on any atom is -0.443 e. The van der Waals surface area contributed by atoms with Crippen LogP contribution in [0.5, 0.6) is 0 Å². The van der Waals surface area contributed by atoms with Crippen molar-refractivity contribution >= 4 is 15.7 Å². The molecule has 7 heteroatoms. The number of hydrogen-bond acceptors (Lipinski definition) is 5. The Morgan fingerprint density at radius 2 is 1.83 bits per heavy atom. The van der Waals surface area contributed by atoms with Gasteiger partial charge in [0.1, 0.15) is 9.84 Å². The number of sulfone groups is 1. The average molecular weight is 348 g/mol. The van der Waals surface area contributed by atoms with Crippen molar-refractivity contribution in [2.75, 3.05) is 18.6 Å². The first kappa shape index (κ1) is 16.7. The molecule has 1 saturated heterocycles. The Bertz CT molecular complexity index is 826. The molecule has 1 aromatic carbocycles. The van der Waals surface area contributed by atoms with E-state index in [2.05, 4.69) is 4.98 Å². The lowest BCUT2D eigenvalue weighted by Gasteiger charge is -2.30. The molecule has 0 bridgehead atoms. The number of oxazole rings is 1. The summed E-state index contributed by atoms with van der Waals surface area (Å²) in [5, 5.41) is 0. The third kappa shape index (κ3) is 3.36. The molecule has 1 aliphatic rings. The van der Waals surface area contributed by atoms with E-state index in [9.17, 15) is 13.2 Å². The largest absolute Gasteiger partial charge is 0.443 e. The van der Waals surface area contributed by atoms with Gasteiger partial charge in [-0.1, -0.05) is 29.8 Å². The van der Waals surface area contributed by atoms with Crippen LogP contribution in [0.1, 0.15) is 28.9 Å². The first-order valence-corrected chi connectivity index (χ1v) is 9.67. The van der Waals surface area contributed by atoms with E-state index < -0.39 is 9.84 Å². The predicted molar refractivity (Wildman–Crippen MR) is 90.4 cm³/mol. The van der Waals surface area contributed by atoms with Crippen LogP contribution in [0, 0.1) is 6.92 Å². The fourth-order valence-electron chi connectivity index (χ4n) is 2.91. The smallest absolute Gasteiger partial charge is 0.276 e. The van der Waals surface area contributed by atoms with Crippen molar-refractivity contribution < 1.29 is 17.6 Å². The summed E-state index contributed by atoms with van der Waals surface area (Å²) in [6.45, 7) is 1.99. The average Bonchev–Trinajstić information content (AvgIpc) is 3.04. The maximum absolute atomic E-state index is 12.8. The van der Waals surface area contributed by atoms with Gasteiger partial charge in [0.05, 0.1) is 11.5 Å². The Morgan fingerprint density at radius 3 is 2.46 bits per heavy atom. The summed E-state index contributed by atoms with van der Waals surface area (Å²) in [5.41, 5.74) is 2.17. The zero-order valence-electron chi connectivity index (χ0n) is 13.7. The van der Waals surface area contributed by atoms with Gasteiger partial charge in [-0.2, -0.15) is 0 Å². The summed E-state index contributed by atoms with van der Waals surface area (Å²) < 4.78 is 28.5. The minimum atomic E-state index is -2.96. The van der Waals surface area contributed by atoms with Gasteiger partial charge in [-0.15, -0.1) is 0 Å². The summed E-state index contributed by atoms with van der Waals surface area (Å²) in [6.07, 6.45) is 2.19. The second kappa shape index (κ2) is 6.39. The molecule has 0 radical (unpaired) electrons. The van der Waals surface area contributed by atoms with Crippen LogP contribution in [-0.2, 0) is 9.84 Å². The van der Waals surface area contributed by atoms with Crippen molar-refractivity contribution in [1.29, 1.82) is 0 Å². The normalized spacial score (nSPS) is 17.6. The Labute approximate surface area is 141 Å². The number of nitrogens with zero attached hydrogens (tertiary/aromatic N) is 2. The van der Waals surface area contributed by atoms with E-state index in [1.165, 1.54) is 6.39 Å². The van der Waals surface area contributed by atoms with Crippen LogP contribution in [0.25, 0.3) is 11.3 Å². The first-order chi connectivity index (χ1) is 11.4. The highest BCUT2D eigenvalue weighted by molar-refractivity contribution is 7.91. The summed E-state index contributed by atoms with van der Waals surface area (Å²) in [5.74, 6) is 0.441. The van der Waals surface area contributed by atoms with Crippen LogP contribution in [0.4, 0.5) is 0 Å². The van der Waals surface area contributed by atoms with Crippen LogP contribution in [0.3, 0.4) is 0 Å². The predicted octanol–water partition coefficient (Wildman–Crippen LogP) is 2.30. The van der Waals surface area contributed by atoms with Crippen LogP contribution < -0.4 is 0 Å². The van der Waals surface area contributed by atoms with E-state index in [1.54, 1.807) is 11.9 Å². The molecule has 2 aromatic rings. The highest BCUT2D eigenvalue weighted by Crippen LogP contribution is 2.26. The number of amides is 1. The zero-order chi connectivity index (χ0) is 17.3. The fraction of sp³-hybridized carbons (Fsp3) is 0.412. The molecular formula is C17H20N2O4S. The molecule has 1 aromatic heterocycles. The van der Waals surface area contributed by atoms with Crippen LogP contribution in [0.2, 0.25) is 0 Å². The van der Waals surface area contributed by atoms with Gasteiger partial charge < -0.3 is 9.32 Å². The molecule has 0 unspecified atom stereocenters. The van der Waals surface area contributed by atoms with Crippen LogP contribution in [-0.4, -0.2) is 48.8 Å². The van der Waals surface area contributed by atoms with E-state index >= 15 is 0 Å². The van der Waals surface area contributed by atoms with E-state index in [1.807, 2.05) is 31.2 Å². The standard InChI is InChI=1S/C17H20N2O4S/c1-12-3-5-13(6-4-12)16-15(18-11-23-16)17(20)19(2)14-7-9-24(21,22)10-8-14/h3-6,11,14H,7-10H2,1-2H3. The van der Waals surface area contributed by atoms with Gasteiger partial charge in [-0.05, 0) is 19.8 Å². The van der Waals surface area contributed by atoms with Crippen molar-refractivity contribution in [1.82, 2.24) is 9.88 Å². The van der Waals surface area contributed by atoms with Crippen molar-refractivity contribution in [3.63, 3.8) is 0 Å². The van der Waals surface area contributed by atoms with Crippen molar-refractivity contribution in [3.05, 3.63) is 41.9 Å². The highest BCUT2D eigenvalue weighted by Gasteiger charge is 2.31. The number of carbonyl (C=O) groups excluding carboxylic acids is 1. The van der Waals surface area contributed by atoms with Gasteiger partial charge in [0.2, 0.25) is 0 Å². The molecule has 0 atom stereocenters. The number of carbonyl (C=O) groups is 1. The Kier molecular flexibility index (Phi) is 4.45. The fourth-order valence-corrected chi connectivity index (χ4v) is 4.37. The Hall–Kier alpha value is -2.15. The lowest BCUT2D eigenvalue weighted by Crippen LogP contribution is -2.42. The molecule has 0 saturated carbocycles. The molecule has 1 amide bonds. The first-order valence-electron chi connectivity index (χ1n) is 7.85. The van der Waals surface area contributed by atoms with Gasteiger partial charge in [0, 0.05) is 18.7 Å².